The lowest BCUT2D eigenvalue weighted by Gasteiger charge is -2.32. The molecular formula is C23H26N6O3. The lowest BCUT2D eigenvalue weighted by Crippen LogP contribution is -2.41. The van der Waals surface area contributed by atoms with Gasteiger partial charge in [0.1, 0.15) is 5.69 Å². The predicted molar refractivity (Wildman–Crippen MR) is 119 cm³/mol. The molecule has 0 aromatic carbocycles. The van der Waals surface area contributed by atoms with Crippen LogP contribution in [0.1, 0.15) is 43.2 Å². The molecule has 0 aliphatic carbocycles. The third kappa shape index (κ3) is 4.66. The van der Waals surface area contributed by atoms with Crippen molar-refractivity contribution in [2.24, 2.45) is 5.92 Å². The number of hydrogen-bond acceptors (Lipinski definition) is 6. The normalized spacial score (nSPS) is 14.7. The van der Waals surface area contributed by atoms with E-state index in [0.29, 0.717) is 25.3 Å². The van der Waals surface area contributed by atoms with Crippen LogP contribution in [0.15, 0.2) is 58.6 Å². The van der Waals surface area contributed by atoms with Gasteiger partial charge in [-0.05, 0) is 50.8 Å². The highest BCUT2D eigenvalue weighted by Crippen LogP contribution is 2.20. The van der Waals surface area contributed by atoms with Crippen LogP contribution in [0.3, 0.4) is 0 Å². The quantitative estimate of drug-likeness (QED) is 0.609. The summed E-state index contributed by atoms with van der Waals surface area (Å²) in [6.45, 7) is 5.45. The lowest BCUT2D eigenvalue weighted by atomic mass is 9.96. The third-order valence-electron chi connectivity index (χ3n) is 5.73. The van der Waals surface area contributed by atoms with Crippen molar-refractivity contribution in [3.8, 4) is 11.3 Å². The van der Waals surface area contributed by atoms with Crippen LogP contribution in [-0.2, 0) is 6.54 Å². The molecule has 0 bridgehead atoms. The summed E-state index contributed by atoms with van der Waals surface area (Å²) in [5, 5.41) is 4.23. The molecule has 0 N–H and O–H groups in total. The molecule has 0 saturated carbocycles. The van der Waals surface area contributed by atoms with Crippen LogP contribution in [0.4, 0.5) is 0 Å². The zero-order chi connectivity index (χ0) is 22.7. The SMILES string of the molecule is CC(C)n1nc(C(=O)N2CCC(Cn3cnc(-c4cccnc4)cc3=O)CC2)ccc1=O. The van der Waals surface area contributed by atoms with Crippen LogP contribution in [0.2, 0.25) is 0 Å². The molecule has 1 aliphatic heterocycles. The first-order valence-corrected chi connectivity index (χ1v) is 10.8. The molecule has 0 spiro atoms. The fourth-order valence-corrected chi connectivity index (χ4v) is 3.90. The molecule has 0 unspecified atom stereocenters. The summed E-state index contributed by atoms with van der Waals surface area (Å²) in [6, 6.07) is 7.98. The second kappa shape index (κ2) is 9.25. The molecule has 9 heteroatoms. The highest BCUT2D eigenvalue weighted by Gasteiger charge is 2.25. The molecule has 0 radical (unpaired) electrons. The van der Waals surface area contributed by atoms with Crippen molar-refractivity contribution < 1.29 is 4.79 Å². The van der Waals surface area contributed by atoms with E-state index in [0.717, 1.165) is 18.4 Å². The Labute approximate surface area is 185 Å². The van der Waals surface area contributed by atoms with Crippen LogP contribution >= 0.6 is 0 Å². The van der Waals surface area contributed by atoms with Crippen LogP contribution in [0, 0.1) is 5.92 Å². The number of piperidine rings is 1. The minimum Gasteiger partial charge on any atom is -0.337 e. The molecule has 1 fully saturated rings. The second-order valence-corrected chi connectivity index (χ2v) is 8.34. The molecule has 1 aliphatic rings. The number of carbonyl (C=O) groups excluding carboxylic acids is 1. The van der Waals surface area contributed by atoms with Gasteiger partial charge in [-0.25, -0.2) is 9.67 Å². The van der Waals surface area contributed by atoms with E-state index in [4.69, 9.17) is 0 Å². The Bertz CT molecular complexity index is 1210. The summed E-state index contributed by atoms with van der Waals surface area (Å²) in [7, 11) is 0. The van der Waals surface area contributed by atoms with Crippen molar-refractivity contribution >= 4 is 5.91 Å². The van der Waals surface area contributed by atoms with Gasteiger partial charge >= 0.3 is 0 Å². The fourth-order valence-electron chi connectivity index (χ4n) is 3.90. The molecule has 1 amide bonds. The highest BCUT2D eigenvalue weighted by atomic mass is 16.2. The first-order valence-electron chi connectivity index (χ1n) is 10.8. The van der Waals surface area contributed by atoms with Crippen molar-refractivity contribution in [2.45, 2.75) is 39.3 Å². The Hall–Kier alpha value is -3.62. The van der Waals surface area contributed by atoms with Gasteiger partial charge in [-0.15, -0.1) is 0 Å². The van der Waals surface area contributed by atoms with Crippen LogP contribution in [0.25, 0.3) is 11.3 Å². The van der Waals surface area contributed by atoms with E-state index in [2.05, 4.69) is 15.1 Å². The molecule has 0 atom stereocenters. The summed E-state index contributed by atoms with van der Waals surface area (Å²) in [6.07, 6.45) is 6.51. The van der Waals surface area contributed by atoms with E-state index in [9.17, 15) is 14.4 Å². The second-order valence-electron chi connectivity index (χ2n) is 8.34. The molecule has 1 saturated heterocycles. The summed E-state index contributed by atoms with van der Waals surface area (Å²) >= 11 is 0. The Morgan fingerprint density at radius 3 is 2.56 bits per heavy atom. The Morgan fingerprint density at radius 1 is 1.12 bits per heavy atom. The Kier molecular flexibility index (Phi) is 6.25. The molecule has 4 rings (SSSR count). The molecular weight excluding hydrogens is 408 g/mol. The Balaban J connectivity index is 1.38. The molecule has 9 nitrogen and oxygen atoms in total. The maximum Gasteiger partial charge on any atom is 0.274 e. The van der Waals surface area contributed by atoms with Crippen LogP contribution in [0.5, 0.6) is 0 Å². The molecule has 32 heavy (non-hydrogen) atoms. The van der Waals surface area contributed by atoms with Gasteiger partial charge in [-0.3, -0.25) is 23.9 Å². The van der Waals surface area contributed by atoms with E-state index in [1.807, 2.05) is 26.0 Å². The number of likely N-dealkylation sites (tertiary alicyclic amines) is 1. The fraction of sp³-hybridized carbons (Fsp3) is 0.391. The van der Waals surface area contributed by atoms with Gasteiger partial charge in [0.15, 0.2) is 0 Å². The van der Waals surface area contributed by atoms with E-state index >= 15 is 0 Å². The largest absolute Gasteiger partial charge is 0.337 e. The van der Waals surface area contributed by atoms with Crippen molar-refractivity contribution in [2.75, 3.05) is 13.1 Å². The maximum atomic E-state index is 12.9. The van der Waals surface area contributed by atoms with Gasteiger partial charge in [0.25, 0.3) is 17.0 Å². The highest BCUT2D eigenvalue weighted by molar-refractivity contribution is 5.92. The van der Waals surface area contributed by atoms with Gasteiger partial charge in [0.05, 0.1) is 18.1 Å². The van der Waals surface area contributed by atoms with Gasteiger partial charge in [0, 0.05) is 49.7 Å². The summed E-state index contributed by atoms with van der Waals surface area (Å²) in [5.74, 6) is 0.109. The van der Waals surface area contributed by atoms with Gasteiger partial charge in [-0.2, -0.15) is 5.10 Å². The lowest BCUT2D eigenvalue weighted by molar-refractivity contribution is 0.0673. The van der Waals surface area contributed by atoms with Crippen LogP contribution in [-0.4, -0.2) is 48.2 Å². The van der Waals surface area contributed by atoms with E-state index < -0.39 is 0 Å². The van der Waals surface area contributed by atoms with Gasteiger partial charge in [-0.1, -0.05) is 0 Å². The average Bonchev–Trinajstić information content (AvgIpc) is 2.81. The Morgan fingerprint density at radius 2 is 1.91 bits per heavy atom. The van der Waals surface area contributed by atoms with Gasteiger partial charge < -0.3 is 4.90 Å². The molecule has 3 aromatic rings. The molecule has 4 heterocycles. The van der Waals surface area contributed by atoms with E-state index in [1.165, 1.54) is 22.9 Å². The van der Waals surface area contributed by atoms with Crippen molar-refractivity contribution in [3.63, 3.8) is 0 Å². The minimum atomic E-state index is -0.219. The zero-order valence-electron chi connectivity index (χ0n) is 18.2. The van der Waals surface area contributed by atoms with Gasteiger partial charge in [0.2, 0.25) is 0 Å². The first kappa shape index (κ1) is 21.6. The van der Waals surface area contributed by atoms with Crippen molar-refractivity contribution in [1.29, 1.82) is 0 Å². The number of rotatable bonds is 5. The zero-order valence-corrected chi connectivity index (χ0v) is 18.2. The number of aromatic nitrogens is 5. The third-order valence-corrected chi connectivity index (χ3v) is 5.73. The number of amides is 1. The van der Waals surface area contributed by atoms with E-state index in [-0.39, 0.29) is 34.7 Å². The number of pyridine rings is 1. The summed E-state index contributed by atoms with van der Waals surface area (Å²) in [4.78, 5) is 47.6. The smallest absolute Gasteiger partial charge is 0.274 e. The number of nitrogens with zero attached hydrogens (tertiary/aromatic N) is 6. The van der Waals surface area contributed by atoms with Crippen molar-refractivity contribution in [1.82, 2.24) is 29.2 Å². The predicted octanol–water partition coefficient (Wildman–Crippen LogP) is 2.00. The van der Waals surface area contributed by atoms with Crippen LogP contribution < -0.4 is 11.1 Å². The monoisotopic (exact) mass is 434 g/mol. The standard InChI is InChI=1S/C23H26N6O3/c1-16(2)29-21(30)6-5-19(26-29)23(32)27-10-7-17(8-11-27)14-28-15-25-20(12-22(28)31)18-4-3-9-24-13-18/h3-6,9,12-13,15-17H,7-8,10-11,14H2,1-2H3. The average molecular weight is 435 g/mol. The summed E-state index contributed by atoms with van der Waals surface area (Å²) < 4.78 is 2.96. The first-order chi connectivity index (χ1) is 15.4. The number of carbonyl (C=O) groups is 1. The topological polar surface area (TPSA) is 103 Å². The van der Waals surface area contributed by atoms with Crippen molar-refractivity contribution in [3.05, 3.63) is 75.5 Å². The molecule has 3 aromatic heterocycles. The minimum absolute atomic E-state index is 0.0995. The summed E-state index contributed by atoms with van der Waals surface area (Å²) in [5.41, 5.74) is 1.38. The maximum absolute atomic E-state index is 12.9. The molecule has 166 valence electrons. The number of hydrogen-bond donors (Lipinski definition) is 0. The van der Waals surface area contributed by atoms with E-state index in [1.54, 1.807) is 28.2 Å².